The normalized spacial score (nSPS) is 13.2. The fraction of sp³-hybridized carbons (Fsp3) is 0.900. The lowest BCUT2D eigenvalue weighted by molar-refractivity contribution is -0.137. The van der Waals surface area contributed by atoms with E-state index in [-0.39, 0.29) is 16.6 Å². The first-order valence-corrected chi connectivity index (χ1v) is 4.25. The molecule has 0 saturated carbocycles. The van der Waals surface area contributed by atoms with Gasteiger partial charge in [-0.2, -0.15) is 0 Å². The van der Waals surface area contributed by atoms with Crippen LogP contribution in [-0.2, 0) is 9.53 Å². The van der Waals surface area contributed by atoms with Gasteiger partial charge in [-0.3, -0.25) is 4.79 Å². The third-order valence-corrected chi connectivity index (χ3v) is 1.80. The minimum Gasteiger partial charge on any atom is -0.384 e. The average molecular weight is 172 g/mol. The van der Waals surface area contributed by atoms with E-state index in [2.05, 4.69) is 0 Å². The van der Waals surface area contributed by atoms with Gasteiger partial charge in [-0.15, -0.1) is 0 Å². The van der Waals surface area contributed by atoms with Gasteiger partial charge in [-0.05, 0) is 0 Å². The first-order valence-electron chi connectivity index (χ1n) is 4.25. The number of Topliss-reactive ketones (excluding diaryl/α,β-unsaturated/α-hetero) is 1. The molecular formula is C10H20O2. The fourth-order valence-corrected chi connectivity index (χ4v) is 1.44. The molecule has 2 heteroatoms. The zero-order chi connectivity index (χ0) is 9.99. The van der Waals surface area contributed by atoms with E-state index in [0.717, 1.165) is 0 Å². The van der Waals surface area contributed by atoms with Gasteiger partial charge in [0.15, 0.2) is 0 Å². The average Bonchev–Trinajstić information content (AvgIpc) is 1.84. The van der Waals surface area contributed by atoms with Crippen LogP contribution < -0.4 is 0 Å². The van der Waals surface area contributed by atoms with Gasteiger partial charge in [-0.25, -0.2) is 0 Å². The molecule has 0 amide bonds. The Bertz CT molecular complexity index is 163. The molecular weight excluding hydrogens is 152 g/mol. The summed E-state index contributed by atoms with van der Waals surface area (Å²) in [5, 5.41) is 0. The second-order valence-electron chi connectivity index (χ2n) is 4.90. The maximum atomic E-state index is 11.8. The Kier molecular flexibility index (Phi) is 3.45. The standard InChI is InChI=1S/C10H20O2/c1-9(2,3)8(11)10(4,5)7-12-6/h7H2,1-6H3. The third-order valence-electron chi connectivity index (χ3n) is 1.80. The van der Waals surface area contributed by atoms with Gasteiger partial charge in [-0.1, -0.05) is 34.6 Å². The predicted octanol–water partition coefficient (Wildman–Crippen LogP) is 2.27. The molecule has 0 bridgehead atoms. The van der Waals surface area contributed by atoms with Crippen LogP contribution in [0.2, 0.25) is 0 Å². The topological polar surface area (TPSA) is 26.3 Å². The molecule has 0 rings (SSSR count). The van der Waals surface area contributed by atoms with Crippen LogP contribution in [0.3, 0.4) is 0 Å². The summed E-state index contributed by atoms with van der Waals surface area (Å²) >= 11 is 0. The number of ketones is 1. The molecule has 0 unspecified atom stereocenters. The van der Waals surface area contributed by atoms with Crippen molar-refractivity contribution in [2.75, 3.05) is 13.7 Å². The van der Waals surface area contributed by atoms with E-state index in [0.29, 0.717) is 6.61 Å². The van der Waals surface area contributed by atoms with Crippen LogP contribution in [0, 0.1) is 10.8 Å². The predicted molar refractivity (Wildman–Crippen MR) is 50.1 cm³/mol. The van der Waals surface area contributed by atoms with Crippen LogP contribution >= 0.6 is 0 Å². The number of carbonyl (C=O) groups is 1. The summed E-state index contributed by atoms with van der Waals surface area (Å²) in [5.74, 6) is 0.247. The van der Waals surface area contributed by atoms with E-state index >= 15 is 0 Å². The molecule has 0 radical (unpaired) electrons. The first kappa shape index (κ1) is 11.6. The van der Waals surface area contributed by atoms with Crippen LogP contribution in [0.1, 0.15) is 34.6 Å². The lowest BCUT2D eigenvalue weighted by Crippen LogP contribution is -2.37. The number of hydrogen-bond acceptors (Lipinski definition) is 2. The molecule has 0 aromatic rings. The van der Waals surface area contributed by atoms with Crippen LogP contribution in [0.25, 0.3) is 0 Å². The molecule has 0 heterocycles. The molecule has 0 aliphatic carbocycles. The Morgan fingerprint density at radius 1 is 1.17 bits per heavy atom. The smallest absolute Gasteiger partial charge is 0.146 e. The summed E-state index contributed by atoms with van der Waals surface area (Å²) in [6.45, 7) is 10.1. The molecule has 0 fully saturated rings. The maximum Gasteiger partial charge on any atom is 0.146 e. The van der Waals surface area contributed by atoms with Gasteiger partial charge in [0.05, 0.1) is 6.61 Å². The summed E-state index contributed by atoms with van der Waals surface area (Å²) in [5.41, 5.74) is -0.644. The lowest BCUT2D eigenvalue weighted by Gasteiger charge is -2.29. The minimum atomic E-state index is -0.368. The molecule has 0 aliphatic heterocycles. The molecule has 0 spiro atoms. The summed E-state index contributed by atoms with van der Waals surface area (Å²) in [4.78, 5) is 11.8. The summed E-state index contributed by atoms with van der Waals surface area (Å²) in [6.07, 6.45) is 0. The van der Waals surface area contributed by atoms with Crippen molar-refractivity contribution < 1.29 is 9.53 Å². The van der Waals surface area contributed by atoms with Gasteiger partial charge in [0.25, 0.3) is 0 Å². The summed E-state index contributed by atoms with van der Waals surface area (Å²) < 4.78 is 5.00. The van der Waals surface area contributed by atoms with E-state index in [1.54, 1.807) is 7.11 Å². The van der Waals surface area contributed by atoms with Gasteiger partial charge >= 0.3 is 0 Å². The zero-order valence-corrected chi connectivity index (χ0v) is 9.02. The van der Waals surface area contributed by atoms with Gasteiger partial charge in [0, 0.05) is 17.9 Å². The molecule has 0 aliphatic rings. The van der Waals surface area contributed by atoms with Gasteiger partial charge in [0.1, 0.15) is 5.78 Å². The Balaban J connectivity index is 4.46. The first-order chi connectivity index (χ1) is 5.22. The second kappa shape index (κ2) is 3.56. The quantitative estimate of drug-likeness (QED) is 0.652. The van der Waals surface area contributed by atoms with Crippen molar-refractivity contribution in [1.82, 2.24) is 0 Å². The molecule has 2 nitrogen and oxygen atoms in total. The summed E-state index contributed by atoms with van der Waals surface area (Å²) in [7, 11) is 1.62. The van der Waals surface area contributed by atoms with Crippen molar-refractivity contribution in [2.24, 2.45) is 10.8 Å². The number of ether oxygens (including phenoxy) is 1. The Morgan fingerprint density at radius 2 is 1.58 bits per heavy atom. The van der Waals surface area contributed by atoms with E-state index in [1.165, 1.54) is 0 Å². The van der Waals surface area contributed by atoms with Crippen molar-refractivity contribution in [3.63, 3.8) is 0 Å². The monoisotopic (exact) mass is 172 g/mol. The zero-order valence-electron chi connectivity index (χ0n) is 9.02. The molecule has 0 atom stereocenters. The SMILES string of the molecule is COCC(C)(C)C(=O)C(C)(C)C. The Labute approximate surface area is 75.3 Å². The van der Waals surface area contributed by atoms with E-state index in [1.807, 2.05) is 34.6 Å². The minimum absolute atomic E-state index is 0.247. The lowest BCUT2D eigenvalue weighted by atomic mass is 9.75. The van der Waals surface area contributed by atoms with E-state index in [9.17, 15) is 4.79 Å². The van der Waals surface area contributed by atoms with Crippen molar-refractivity contribution in [1.29, 1.82) is 0 Å². The highest BCUT2D eigenvalue weighted by molar-refractivity contribution is 5.88. The molecule has 12 heavy (non-hydrogen) atoms. The largest absolute Gasteiger partial charge is 0.384 e. The van der Waals surface area contributed by atoms with Gasteiger partial charge < -0.3 is 4.74 Å². The molecule has 0 aromatic heterocycles. The number of hydrogen-bond donors (Lipinski definition) is 0. The third kappa shape index (κ3) is 2.94. The molecule has 0 saturated heterocycles. The Hall–Kier alpha value is -0.370. The van der Waals surface area contributed by atoms with Crippen molar-refractivity contribution in [3.05, 3.63) is 0 Å². The van der Waals surface area contributed by atoms with Crippen LogP contribution in [0.15, 0.2) is 0 Å². The van der Waals surface area contributed by atoms with Crippen LogP contribution in [0.5, 0.6) is 0 Å². The van der Waals surface area contributed by atoms with Crippen molar-refractivity contribution in [3.8, 4) is 0 Å². The highest BCUT2D eigenvalue weighted by Gasteiger charge is 2.35. The highest BCUT2D eigenvalue weighted by Crippen LogP contribution is 2.28. The number of methoxy groups -OCH3 is 1. The van der Waals surface area contributed by atoms with E-state index < -0.39 is 0 Å². The second-order valence-corrected chi connectivity index (χ2v) is 4.90. The molecule has 0 N–H and O–H groups in total. The van der Waals surface area contributed by atoms with Crippen LogP contribution in [-0.4, -0.2) is 19.5 Å². The van der Waals surface area contributed by atoms with Gasteiger partial charge in [0.2, 0.25) is 0 Å². The Morgan fingerprint density at radius 3 is 1.83 bits per heavy atom. The molecule has 0 aromatic carbocycles. The van der Waals surface area contributed by atoms with Crippen molar-refractivity contribution >= 4 is 5.78 Å². The summed E-state index contributed by atoms with van der Waals surface area (Å²) in [6, 6.07) is 0. The highest BCUT2D eigenvalue weighted by atomic mass is 16.5. The molecule has 72 valence electrons. The maximum absolute atomic E-state index is 11.8. The number of rotatable bonds is 3. The van der Waals surface area contributed by atoms with E-state index in [4.69, 9.17) is 4.74 Å². The van der Waals surface area contributed by atoms with Crippen LogP contribution in [0.4, 0.5) is 0 Å². The number of carbonyl (C=O) groups excluding carboxylic acids is 1. The van der Waals surface area contributed by atoms with Crippen molar-refractivity contribution in [2.45, 2.75) is 34.6 Å². The fourth-order valence-electron chi connectivity index (χ4n) is 1.44.